The summed E-state index contributed by atoms with van der Waals surface area (Å²) < 4.78 is 5.33. The van der Waals surface area contributed by atoms with E-state index in [2.05, 4.69) is 5.32 Å². The van der Waals surface area contributed by atoms with Gasteiger partial charge in [0.15, 0.2) is 0 Å². The Hall–Kier alpha value is -2.82. The number of carbonyl (C=O) groups excluding carboxylic acids is 2. The second-order valence-corrected chi connectivity index (χ2v) is 8.56. The third-order valence-corrected chi connectivity index (χ3v) is 6.04. The van der Waals surface area contributed by atoms with E-state index in [9.17, 15) is 9.59 Å². The van der Waals surface area contributed by atoms with Gasteiger partial charge in [0.25, 0.3) is 0 Å². The molecular weight excluding hydrogens is 388 g/mol. The van der Waals surface area contributed by atoms with Crippen LogP contribution in [0.1, 0.15) is 55.7 Å². The molecule has 3 rings (SSSR count). The monoisotopic (exact) mass is 422 g/mol. The Bertz CT molecular complexity index is 890. The van der Waals surface area contributed by atoms with Gasteiger partial charge in [0.2, 0.25) is 11.8 Å². The molecule has 0 saturated heterocycles. The van der Waals surface area contributed by atoms with Gasteiger partial charge in [0.05, 0.1) is 13.5 Å². The SMILES string of the molecule is COc1cccc(CN(C(=O)Cc2cccc(C)c2)[C@@H](C)C(=O)NC2CCCCC2)c1. The van der Waals surface area contributed by atoms with E-state index < -0.39 is 6.04 Å². The van der Waals surface area contributed by atoms with Gasteiger partial charge in [-0.1, -0.05) is 61.2 Å². The molecule has 0 aromatic heterocycles. The van der Waals surface area contributed by atoms with Crippen LogP contribution in [-0.2, 0) is 22.6 Å². The average Bonchev–Trinajstić information content (AvgIpc) is 2.77. The minimum atomic E-state index is -0.551. The van der Waals surface area contributed by atoms with Gasteiger partial charge in [-0.05, 0) is 49.9 Å². The van der Waals surface area contributed by atoms with Crippen LogP contribution >= 0.6 is 0 Å². The molecule has 2 aromatic carbocycles. The van der Waals surface area contributed by atoms with Crippen molar-refractivity contribution in [3.8, 4) is 5.75 Å². The maximum atomic E-state index is 13.3. The molecule has 0 radical (unpaired) electrons. The number of nitrogens with zero attached hydrogens (tertiary/aromatic N) is 1. The summed E-state index contributed by atoms with van der Waals surface area (Å²) in [6.07, 6.45) is 5.85. The van der Waals surface area contributed by atoms with Crippen molar-refractivity contribution in [3.63, 3.8) is 0 Å². The Morgan fingerprint density at radius 1 is 1.06 bits per heavy atom. The molecular formula is C26H34N2O3. The summed E-state index contributed by atoms with van der Waals surface area (Å²) in [4.78, 5) is 28.1. The number of methoxy groups -OCH3 is 1. The molecule has 2 aromatic rings. The molecule has 1 saturated carbocycles. The van der Waals surface area contributed by atoms with Gasteiger partial charge in [0, 0.05) is 12.6 Å². The van der Waals surface area contributed by atoms with E-state index in [1.165, 1.54) is 6.42 Å². The maximum Gasteiger partial charge on any atom is 0.242 e. The first-order chi connectivity index (χ1) is 15.0. The smallest absolute Gasteiger partial charge is 0.242 e. The summed E-state index contributed by atoms with van der Waals surface area (Å²) in [5, 5.41) is 3.18. The molecule has 0 heterocycles. The minimum Gasteiger partial charge on any atom is -0.497 e. The number of hydrogen-bond acceptors (Lipinski definition) is 3. The van der Waals surface area contributed by atoms with Gasteiger partial charge < -0.3 is 15.0 Å². The predicted octanol–water partition coefficient (Wildman–Crippen LogP) is 4.41. The largest absolute Gasteiger partial charge is 0.497 e. The highest BCUT2D eigenvalue weighted by molar-refractivity contribution is 5.88. The molecule has 1 aliphatic rings. The third kappa shape index (κ3) is 6.58. The van der Waals surface area contributed by atoms with Gasteiger partial charge in [0.1, 0.15) is 11.8 Å². The molecule has 1 fully saturated rings. The van der Waals surface area contributed by atoms with Crippen LogP contribution in [0.2, 0.25) is 0 Å². The number of aryl methyl sites for hydroxylation is 1. The summed E-state index contributed by atoms with van der Waals surface area (Å²) in [5.41, 5.74) is 3.02. The maximum absolute atomic E-state index is 13.3. The van der Waals surface area contributed by atoms with Gasteiger partial charge in [-0.2, -0.15) is 0 Å². The summed E-state index contributed by atoms with van der Waals surface area (Å²) in [6, 6.07) is 15.3. The van der Waals surface area contributed by atoms with Crippen LogP contribution in [0, 0.1) is 6.92 Å². The summed E-state index contributed by atoms with van der Waals surface area (Å²) in [5.74, 6) is 0.606. The lowest BCUT2D eigenvalue weighted by Gasteiger charge is -2.31. The second-order valence-electron chi connectivity index (χ2n) is 8.56. The van der Waals surface area contributed by atoms with Crippen molar-refractivity contribution in [2.24, 2.45) is 0 Å². The highest BCUT2D eigenvalue weighted by atomic mass is 16.5. The van der Waals surface area contributed by atoms with Crippen molar-refractivity contribution in [2.75, 3.05) is 7.11 Å². The standard InChI is InChI=1S/C26H34N2O3/c1-19-9-7-10-21(15-19)17-25(29)28(18-22-11-8-14-24(16-22)31-3)20(2)26(30)27-23-12-5-4-6-13-23/h7-11,14-16,20,23H,4-6,12-13,17-18H2,1-3H3,(H,27,30)/t20-/m0/s1. The van der Waals surface area contributed by atoms with E-state index in [1.54, 1.807) is 12.0 Å². The molecule has 1 atom stereocenters. The molecule has 0 spiro atoms. The first kappa shape index (κ1) is 22.9. The fourth-order valence-corrected chi connectivity index (χ4v) is 4.22. The van der Waals surface area contributed by atoms with E-state index in [1.807, 2.05) is 62.4 Å². The zero-order valence-corrected chi connectivity index (χ0v) is 18.9. The summed E-state index contributed by atoms with van der Waals surface area (Å²) in [6.45, 7) is 4.20. The Kier molecular flexibility index (Phi) is 8.10. The van der Waals surface area contributed by atoms with Crippen molar-refractivity contribution in [1.82, 2.24) is 10.2 Å². The van der Waals surface area contributed by atoms with E-state index in [4.69, 9.17) is 4.74 Å². The number of ether oxygens (including phenoxy) is 1. The molecule has 166 valence electrons. The fraction of sp³-hybridized carbons (Fsp3) is 0.462. The van der Waals surface area contributed by atoms with Gasteiger partial charge >= 0.3 is 0 Å². The van der Waals surface area contributed by atoms with Crippen molar-refractivity contribution in [1.29, 1.82) is 0 Å². The molecule has 31 heavy (non-hydrogen) atoms. The number of rotatable bonds is 8. The van der Waals surface area contributed by atoms with E-state index in [-0.39, 0.29) is 24.3 Å². The quantitative estimate of drug-likeness (QED) is 0.685. The summed E-state index contributed by atoms with van der Waals surface area (Å²) >= 11 is 0. The minimum absolute atomic E-state index is 0.0558. The molecule has 0 unspecified atom stereocenters. The molecule has 2 amide bonds. The first-order valence-electron chi connectivity index (χ1n) is 11.2. The Morgan fingerprint density at radius 3 is 2.48 bits per heavy atom. The van der Waals surface area contributed by atoms with Crippen molar-refractivity contribution < 1.29 is 14.3 Å². The number of benzene rings is 2. The second kappa shape index (κ2) is 11.0. The lowest BCUT2D eigenvalue weighted by atomic mass is 9.95. The van der Waals surface area contributed by atoms with Crippen molar-refractivity contribution in [2.45, 2.75) is 71.0 Å². The molecule has 1 N–H and O–H groups in total. The van der Waals surface area contributed by atoms with Crippen LogP contribution < -0.4 is 10.1 Å². The average molecular weight is 423 g/mol. The van der Waals surface area contributed by atoms with Crippen LogP contribution in [-0.4, -0.2) is 35.9 Å². The van der Waals surface area contributed by atoms with Crippen LogP contribution in [0.5, 0.6) is 5.75 Å². The van der Waals surface area contributed by atoms with Crippen LogP contribution in [0.25, 0.3) is 0 Å². The molecule has 0 bridgehead atoms. The highest BCUT2D eigenvalue weighted by Gasteiger charge is 2.28. The summed E-state index contributed by atoms with van der Waals surface area (Å²) in [7, 11) is 1.63. The normalized spacial score (nSPS) is 15.2. The first-order valence-corrected chi connectivity index (χ1v) is 11.2. The Morgan fingerprint density at radius 2 is 1.77 bits per heavy atom. The number of nitrogens with one attached hydrogen (secondary N) is 1. The van der Waals surface area contributed by atoms with E-state index in [0.717, 1.165) is 48.1 Å². The third-order valence-electron chi connectivity index (χ3n) is 6.04. The molecule has 1 aliphatic carbocycles. The number of amides is 2. The lowest BCUT2D eigenvalue weighted by molar-refractivity contribution is -0.140. The molecule has 0 aliphatic heterocycles. The van der Waals surface area contributed by atoms with Gasteiger partial charge in [-0.15, -0.1) is 0 Å². The van der Waals surface area contributed by atoms with Crippen LogP contribution in [0.4, 0.5) is 0 Å². The predicted molar refractivity (Wildman–Crippen MR) is 123 cm³/mol. The van der Waals surface area contributed by atoms with Crippen molar-refractivity contribution >= 4 is 11.8 Å². The van der Waals surface area contributed by atoms with Crippen LogP contribution in [0.15, 0.2) is 48.5 Å². The topological polar surface area (TPSA) is 58.6 Å². The fourth-order valence-electron chi connectivity index (χ4n) is 4.22. The Balaban J connectivity index is 1.77. The van der Waals surface area contributed by atoms with E-state index in [0.29, 0.717) is 6.54 Å². The van der Waals surface area contributed by atoms with Crippen molar-refractivity contribution in [3.05, 3.63) is 65.2 Å². The molecule has 5 heteroatoms. The lowest BCUT2D eigenvalue weighted by Crippen LogP contribution is -2.50. The zero-order valence-electron chi connectivity index (χ0n) is 18.9. The van der Waals surface area contributed by atoms with Crippen LogP contribution in [0.3, 0.4) is 0 Å². The molecule has 5 nitrogen and oxygen atoms in total. The number of carbonyl (C=O) groups is 2. The van der Waals surface area contributed by atoms with Gasteiger partial charge in [-0.25, -0.2) is 0 Å². The Labute approximate surface area is 185 Å². The van der Waals surface area contributed by atoms with Gasteiger partial charge in [-0.3, -0.25) is 9.59 Å². The van der Waals surface area contributed by atoms with E-state index >= 15 is 0 Å². The zero-order chi connectivity index (χ0) is 22.2. The number of hydrogen-bond donors (Lipinski definition) is 1. The highest BCUT2D eigenvalue weighted by Crippen LogP contribution is 2.20.